The first kappa shape index (κ1) is 14.9. The summed E-state index contributed by atoms with van der Waals surface area (Å²) >= 11 is 5.97. The van der Waals surface area contributed by atoms with Crippen LogP contribution in [-0.2, 0) is 0 Å². The van der Waals surface area contributed by atoms with Crippen LogP contribution in [0.1, 0.15) is 30.0 Å². The number of aryl methyl sites for hydroxylation is 1. The molecule has 1 fully saturated rings. The van der Waals surface area contributed by atoms with Crippen LogP contribution in [0.25, 0.3) is 0 Å². The number of halogens is 1. The molecule has 3 nitrogen and oxygen atoms in total. The molecule has 0 aliphatic carbocycles. The summed E-state index contributed by atoms with van der Waals surface area (Å²) in [6.07, 6.45) is 2.04. The van der Waals surface area contributed by atoms with E-state index in [1.165, 1.54) is 11.1 Å². The highest BCUT2D eigenvalue weighted by Crippen LogP contribution is 2.34. The summed E-state index contributed by atoms with van der Waals surface area (Å²) in [7, 11) is 0. The molecule has 114 valence electrons. The zero-order valence-corrected chi connectivity index (χ0v) is 13.3. The van der Waals surface area contributed by atoms with Gasteiger partial charge >= 0.3 is 6.03 Å². The van der Waals surface area contributed by atoms with E-state index < -0.39 is 0 Å². The first-order valence-corrected chi connectivity index (χ1v) is 7.91. The van der Waals surface area contributed by atoms with Crippen molar-refractivity contribution in [3.05, 3.63) is 64.7 Å². The molecule has 2 aromatic carbocycles. The zero-order chi connectivity index (χ0) is 15.5. The second kappa shape index (κ2) is 6.41. The molecule has 0 aromatic heterocycles. The fourth-order valence-corrected chi connectivity index (χ4v) is 3.25. The molecule has 0 saturated carbocycles. The molecule has 1 aliphatic rings. The molecule has 1 heterocycles. The predicted octanol–water partition coefficient (Wildman–Crippen LogP) is 5.02. The lowest BCUT2D eigenvalue weighted by Crippen LogP contribution is -2.34. The number of likely N-dealkylation sites (tertiary alicyclic amines) is 1. The number of carbonyl (C=O) groups excluding carboxylic acids is 1. The summed E-state index contributed by atoms with van der Waals surface area (Å²) in [5.74, 6) is 0. The fraction of sp³-hybridized carbons (Fsp3) is 0.278. The highest BCUT2D eigenvalue weighted by atomic mass is 35.5. The number of carbonyl (C=O) groups is 1. The number of nitrogens with one attached hydrogen (secondary N) is 1. The van der Waals surface area contributed by atoms with Gasteiger partial charge in [0.25, 0.3) is 0 Å². The molecule has 1 atom stereocenters. The van der Waals surface area contributed by atoms with Crippen molar-refractivity contribution in [1.82, 2.24) is 4.90 Å². The van der Waals surface area contributed by atoms with Gasteiger partial charge in [-0.3, -0.25) is 0 Å². The topological polar surface area (TPSA) is 32.3 Å². The molecule has 22 heavy (non-hydrogen) atoms. The van der Waals surface area contributed by atoms with Gasteiger partial charge in [0.1, 0.15) is 0 Å². The molecule has 3 rings (SSSR count). The Kier molecular flexibility index (Phi) is 4.34. The molecular formula is C18H19ClN2O. The molecule has 0 bridgehead atoms. The number of rotatable bonds is 2. The monoisotopic (exact) mass is 314 g/mol. The van der Waals surface area contributed by atoms with Crippen molar-refractivity contribution in [3.63, 3.8) is 0 Å². The lowest BCUT2D eigenvalue weighted by Gasteiger charge is -2.26. The molecule has 2 aromatic rings. The fourth-order valence-electron chi connectivity index (χ4n) is 3.06. The Labute approximate surface area is 135 Å². The third kappa shape index (κ3) is 3.09. The van der Waals surface area contributed by atoms with E-state index in [9.17, 15) is 4.79 Å². The SMILES string of the molecule is Cc1ccccc1[C@H]1CCCN1C(=O)Nc1cccc(Cl)c1. The molecule has 1 aliphatic heterocycles. The maximum atomic E-state index is 12.6. The second-order valence-corrected chi connectivity index (χ2v) is 6.08. The van der Waals surface area contributed by atoms with Crippen molar-refractivity contribution in [1.29, 1.82) is 0 Å². The third-order valence-corrected chi connectivity index (χ3v) is 4.37. The van der Waals surface area contributed by atoms with E-state index in [2.05, 4.69) is 24.4 Å². The van der Waals surface area contributed by atoms with Crippen LogP contribution in [0.5, 0.6) is 0 Å². The Hall–Kier alpha value is -2.00. The standard InChI is InChI=1S/C18H19ClN2O/c1-13-6-2-3-9-16(13)17-10-5-11-21(17)18(22)20-15-8-4-7-14(19)12-15/h2-4,6-9,12,17H,5,10-11H2,1H3,(H,20,22)/t17-/m1/s1. The molecule has 2 amide bonds. The van der Waals surface area contributed by atoms with Gasteiger partial charge in [-0.25, -0.2) is 4.79 Å². The number of urea groups is 1. The van der Waals surface area contributed by atoms with E-state index in [0.717, 1.165) is 25.1 Å². The first-order valence-electron chi connectivity index (χ1n) is 7.54. The minimum Gasteiger partial charge on any atom is -0.317 e. The van der Waals surface area contributed by atoms with E-state index in [0.29, 0.717) is 5.02 Å². The number of anilines is 1. The zero-order valence-electron chi connectivity index (χ0n) is 12.6. The molecule has 1 saturated heterocycles. The Morgan fingerprint density at radius 2 is 2.05 bits per heavy atom. The Morgan fingerprint density at radius 1 is 1.23 bits per heavy atom. The number of hydrogen-bond donors (Lipinski definition) is 1. The van der Waals surface area contributed by atoms with Gasteiger partial charge in [-0.15, -0.1) is 0 Å². The first-order chi connectivity index (χ1) is 10.6. The van der Waals surface area contributed by atoms with Gasteiger partial charge in [-0.2, -0.15) is 0 Å². The maximum absolute atomic E-state index is 12.6. The van der Waals surface area contributed by atoms with Gasteiger partial charge < -0.3 is 10.2 Å². The molecule has 0 unspecified atom stereocenters. The van der Waals surface area contributed by atoms with Crippen LogP contribution >= 0.6 is 11.6 Å². The van der Waals surface area contributed by atoms with Crippen LogP contribution in [-0.4, -0.2) is 17.5 Å². The Morgan fingerprint density at radius 3 is 2.82 bits per heavy atom. The van der Waals surface area contributed by atoms with Gasteiger partial charge in [0.05, 0.1) is 6.04 Å². The summed E-state index contributed by atoms with van der Waals surface area (Å²) in [6.45, 7) is 2.88. The molecule has 0 spiro atoms. The second-order valence-electron chi connectivity index (χ2n) is 5.65. The van der Waals surface area contributed by atoms with Crippen molar-refractivity contribution in [2.75, 3.05) is 11.9 Å². The van der Waals surface area contributed by atoms with Crippen molar-refractivity contribution < 1.29 is 4.79 Å². The van der Waals surface area contributed by atoms with E-state index in [4.69, 9.17) is 11.6 Å². The molecule has 4 heteroatoms. The summed E-state index contributed by atoms with van der Waals surface area (Å²) in [4.78, 5) is 14.5. The normalized spacial score (nSPS) is 17.5. The van der Waals surface area contributed by atoms with Crippen molar-refractivity contribution in [2.24, 2.45) is 0 Å². The highest BCUT2D eigenvalue weighted by molar-refractivity contribution is 6.30. The predicted molar refractivity (Wildman–Crippen MR) is 90.3 cm³/mol. The molecule has 1 N–H and O–H groups in total. The van der Waals surface area contributed by atoms with Crippen molar-refractivity contribution >= 4 is 23.3 Å². The summed E-state index contributed by atoms with van der Waals surface area (Å²) < 4.78 is 0. The summed E-state index contributed by atoms with van der Waals surface area (Å²) in [5, 5.41) is 3.57. The minimum absolute atomic E-state index is 0.0620. The summed E-state index contributed by atoms with van der Waals surface area (Å²) in [6, 6.07) is 15.6. The van der Waals surface area contributed by atoms with E-state index >= 15 is 0 Å². The van der Waals surface area contributed by atoms with Crippen LogP contribution in [0, 0.1) is 6.92 Å². The average molecular weight is 315 g/mol. The third-order valence-electron chi connectivity index (χ3n) is 4.14. The Bertz CT molecular complexity index is 686. The number of nitrogens with zero attached hydrogens (tertiary/aromatic N) is 1. The van der Waals surface area contributed by atoms with Crippen molar-refractivity contribution in [2.45, 2.75) is 25.8 Å². The minimum atomic E-state index is -0.0620. The van der Waals surface area contributed by atoms with Gasteiger partial charge in [-0.05, 0) is 49.1 Å². The highest BCUT2D eigenvalue weighted by Gasteiger charge is 2.30. The molecular weight excluding hydrogens is 296 g/mol. The van der Waals surface area contributed by atoms with Crippen LogP contribution in [0.2, 0.25) is 5.02 Å². The maximum Gasteiger partial charge on any atom is 0.322 e. The molecule has 0 radical (unpaired) electrons. The van der Waals surface area contributed by atoms with Gasteiger partial charge in [0, 0.05) is 17.3 Å². The number of hydrogen-bond acceptors (Lipinski definition) is 1. The van der Waals surface area contributed by atoms with Crippen molar-refractivity contribution in [3.8, 4) is 0 Å². The van der Waals surface area contributed by atoms with E-state index in [1.807, 2.05) is 29.2 Å². The van der Waals surface area contributed by atoms with Gasteiger partial charge in [-0.1, -0.05) is 41.9 Å². The van der Waals surface area contributed by atoms with Crippen LogP contribution in [0.15, 0.2) is 48.5 Å². The van der Waals surface area contributed by atoms with E-state index in [-0.39, 0.29) is 12.1 Å². The lowest BCUT2D eigenvalue weighted by molar-refractivity contribution is 0.207. The van der Waals surface area contributed by atoms with Gasteiger partial charge in [0.15, 0.2) is 0 Å². The largest absolute Gasteiger partial charge is 0.322 e. The smallest absolute Gasteiger partial charge is 0.317 e. The Balaban J connectivity index is 1.78. The number of amides is 2. The van der Waals surface area contributed by atoms with Crippen LogP contribution < -0.4 is 5.32 Å². The van der Waals surface area contributed by atoms with Gasteiger partial charge in [0.2, 0.25) is 0 Å². The quantitative estimate of drug-likeness (QED) is 0.829. The van der Waals surface area contributed by atoms with Crippen LogP contribution in [0.3, 0.4) is 0 Å². The average Bonchev–Trinajstić information content (AvgIpc) is 2.97. The lowest BCUT2D eigenvalue weighted by atomic mass is 9.99. The summed E-state index contributed by atoms with van der Waals surface area (Å²) in [5.41, 5.74) is 3.20. The van der Waals surface area contributed by atoms with E-state index in [1.54, 1.807) is 12.1 Å². The van der Waals surface area contributed by atoms with Crippen LogP contribution in [0.4, 0.5) is 10.5 Å². The number of benzene rings is 2.